The molecule has 0 saturated carbocycles. The first-order chi connectivity index (χ1) is 4.89. The lowest BCUT2D eigenvalue weighted by molar-refractivity contribution is 0.453. The summed E-state index contributed by atoms with van der Waals surface area (Å²) >= 11 is 0. The molecule has 0 aliphatic rings. The lowest BCUT2D eigenvalue weighted by Crippen LogP contribution is -2.19. The molecule has 0 aromatic carbocycles. The molecule has 1 atom stereocenters. The molecule has 0 N–H and O–H groups in total. The van der Waals surface area contributed by atoms with Crippen molar-refractivity contribution in [2.75, 3.05) is 11.5 Å². The maximum Gasteiger partial charge on any atom is 0.150 e. The van der Waals surface area contributed by atoms with Crippen molar-refractivity contribution in [3.8, 4) is 0 Å². The molecule has 0 heterocycles. The second-order valence-electron chi connectivity index (χ2n) is 3.42. The number of rotatable bonds is 4. The lowest BCUT2D eigenvalue weighted by atomic mass is 10.0. The number of sulfone groups is 1. The second-order valence-corrected chi connectivity index (χ2v) is 5.82. The van der Waals surface area contributed by atoms with Crippen molar-refractivity contribution < 1.29 is 8.42 Å². The first-order valence-electron chi connectivity index (χ1n) is 4.09. The van der Waals surface area contributed by atoms with Crippen LogP contribution in [0, 0.1) is 11.8 Å². The second kappa shape index (κ2) is 4.10. The van der Waals surface area contributed by atoms with E-state index in [1.807, 2.05) is 6.92 Å². The third kappa shape index (κ3) is 4.40. The molecule has 11 heavy (non-hydrogen) atoms. The van der Waals surface area contributed by atoms with E-state index in [1.165, 1.54) is 0 Å². The third-order valence-electron chi connectivity index (χ3n) is 2.09. The minimum atomic E-state index is -2.76. The highest BCUT2D eigenvalue weighted by Crippen LogP contribution is 2.12. The predicted octanol–water partition coefficient (Wildman–Crippen LogP) is 1.71. The van der Waals surface area contributed by atoms with Gasteiger partial charge in [0, 0.05) is 5.75 Å². The Hall–Kier alpha value is -0.0500. The van der Waals surface area contributed by atoms with E-state index in [2.05, 4.69) is 13.8 Å². The van der Waals surface area contributed by atoms with Gasteiger partial charge in [0.05, 0.1) is 5.75 Å². The van der Waals surface area contributed by atoms with Crippen LogP contribution in [0.15, 0.2) is 0 Å². The molecular weight excluding hydrogens is 160 g/mol. The van der Waals surface area contributed by atoms with Crippen LogP contribution in [0.5, 0.6) is 0 Å². The third-order valence-corrected chi connectivity index (χ3v) is 4.01. The Bertz CT molecular complexity index is 192. The zero-order chi connectivity index (χ0) is 9.07. The summed E-state index contributed by atoms with van der Waals surface area (Å²) in [4.78, 5) is 0. The van der Waals surface area contributed by atoms with Gasteiger partial charge < -0.3 is 0 Å². The van der Waals surface area contributed by atoms with Crippen molar-refractivity contribution in [1.82, 2.24) is 0 Å². The van der Waals surface area contributed by atoms with Gasteiger partial charge in [0.2, 0.25) is 0 Å². The molecule has 0 aliphatic heterocycles. The molecule has 0 aliphatic carbocycles. The van der Waals surface area contributed by atoms with Gasteiger partial charge in [-0.25, -0.2) is 8.42 Å². The average molecular weight is 178 g/mol. The molecular formula is C8H18O2S. The van der Waals surface area contributed by atoms with Crippen molar-refractivity contribution in [3.63, 3.8) is 0 Å². The molecule has 0 rings (SSSR count). The molecule has 3 heteroatoms. The van der Waals surface area contributed by atoms with Crippen LogP contribution in [0.1, 0.15) is 27.7 Å². The van der Waals surface area contributed by atoms with Gasteiger partial charge in [0.25, 0.3) is 0 Å². The Morgan fingerprint density at radius 1 is 1.18 bits per heavy atom. The van der Waals surface area contributed by atoms with Crippen LogP contribution in [0.25, 0.3) is 0 Å². The average Bonchev–Trinajstić information content (AvgIpc) is 1.87. The molecule has 0 saturated heterocycles. The monoisotopic (exact) mass is 178 g/mol. The predicted molar refractivity (Wildman–Crippen MR) is 48.3 cm³/mol. The zero-order valence-electron chi connectivity index (χ0n) is 7.79. The quantitative estimate of drug-likeness (QED) is 0.657. The summed E-state index contributed by atoms with van der Waals surface area (Å²) in [6.45, 7) is 7.78. The summed E-state index contributed by atoms with van der Waals surface area (Å²) in [5.41, 5.74) is 0. The Kier molecular flexibility index (Phi) is 4.08. The Labute approximate surface area is 69.9 Å². The van der Waals surface area contributed by atoms with Gasteiger partial charge >= 0.3 is 0 Å². The summed E-state index contributed by atoms with van der Waals surface area (Å²) in [5, 5.41) is 0. The van der Waals surface area contributed by atoms with Crippen LogP contribution in [-0.2, 0) is 9.84 Å². The zero-order valence-corrected chi connectivity index (χ0v) is 8.61. The van der Waals surface area contributed by atoms with Gasteiger partial charge in [-0.1, -0.05) is 27.7 Å². The van der Waals surface area contributed by atoms with Crippen LogP contribution in [-0.4, -0.2) is 19.9 Å². The van der Waals surface area contributed by atoms with Crippen molar-refractivity contribution in [2.24, 2.45) is 11.8 Å². The maximum atomic E-state index is 11.1. The van der Waals surface area contributed by atoms with Gasteiger partial charge in [0.15, 0.2) is 0 Å². The van der Waals surface area contributed by atoms with Crippen molar-refractivity contribution in [1.29, 1.82) is 0 Å². The molecule has 1 unspecified atom stereocenters. The fourth-order valence-corrected chi connectivity index (χ4v) is 2.13. The smallest absolute Gasteiger partial charge is 0.150 e. The molecule has 0 radical (unpaired) electrons. The van der Waals surface area contributed by atoms with Crippen LogP contribution in [0.2, 0.25) is 0 Å². The summed E-state index contributed by atoms with van der Waals surface area (Å²) < 4.78 is 22.2. The highest BCUT2D eigenvalue weighted by atomic mass is 32.2. The van der Waals surface area contributed by atoms with E-state index in [0.29, 0.717) is 11.7 Å². The summed E-state index contributed by atoms with van der Waals surface area (Å²) in [6, 6.07) is 0. The largest absolute Gasteiger partial charge is 0.229 e. The summed E-state index contributed by atoms with van der Waals surface area (Å²) in [6.07, 6.45) is 0. The van der Waals surface area contributed by atoms with Crippen LogP contribution in [0.4, 0.5) is 0 Å². The van der Waals surface area contributed by atoms with Gasteiger partial charge in [-0.3, -0.25) is 0 Å². The van der Waals surface area contributed by atoms with Crippen molar-refractivity contribution >= 4 is 9.84 Å². The van der Waals surface area contributed by atoms with E-state index in [9.17, 15) is 8.42 Å². The van der Waals surface area contributed by atoms with Crippen molar-refractivity contribution in [3.05, 3.63) is 0 Å². The molecule has 0 aromatic heterocycles. The SMILES string of the molecule is CCS(=O)(=O)CC(C)C(C)C. The molecule has 0 spiro atoms. The molecule has 0 amide bonds. The van der Waals surface area contributed by atoms with Crippen molar-refractivity contribution in [2.45, 2.75) is 27.7 Å². The fraction of sp³-hybridized carbons (Fsp3) is 1.00. The van der Waals surface area contributed by atoms with E-state index >= 15 is 0 Å². The number of hydrogen-bond donors (Lipinski definition) is 0. The van der Waals surface area contributed by atoms with Gasteiger partial charge in [-0.15, -0.1) is 0 Å². The van der Waals surface area contributed by atoms with E-state index in [0.717, 1.165) is 0 Å². The standard InChI is InChI=1S/C8H18O2S/c1-5-11(9,10)6-8(4)7(2)3/h7-8H,5-6H2,1-4H3. The summed E-state index contributed by atoms with van der Waals surface area (Å²) in [7, 11) is -2.76. The lowest BCUT2D eigenvalue weighted by Gasteiger charge is -2.14. The van der Waals surface area contributed by atoms with Gasteiger partial charge in [-0.05, 0) is 11.8 Å². The topological polar surface area (TPSA) is 34.1 Å². The Morgan fingerprint density at radius 2 is 1.64 bits per heavy atom. The van der Waals surface area contributed by atoms with Crippen LogP contribution in [0.3, 0.4) is 0 Å². The highest BCUT2D eigenvalue weighted by molar-refractivity contribution is 7.91. The minimum Gasteiger partial charge on any atom is -0.229 e. The molecule has 0 bridgehead atoms. The Morgan fingerprint density at radius 3 is 1.91 bits per heavy atom. The normalized spacial score (nSPS) is 15.4. The fourth-order valence-electron chi connectivity index (χ4n) is 0.711. The molecule has 0 fully saturated rings. The highest BCUT2D eigenvalue weighted by Gasteiger charge is 2.15. The van der Waals surface area contributed by atoms with E-state index < -0.39 is 9.84 Å². The molecule has 2 nitrogen and oxygen atoms in total. The van der Waals surface area contributed by atoms with E-state index in [1.54, 1.807) is 6.92 Å². The van der Waals surface area contributed by atoms with E-state index in [4.69, 9.17) is 0 Å². The molecule has 0 aromatic rings. The molecule has 68 valence electrons. The number of hydrogen-bond acceptors (Lipinski definition) is 2. The van der Waals surface area contributed by atoms with Gasteiger partial charge in [-0.2, -0.15) is 0 Å². The van der Waals surface area contributed by atoms with Crippen LogP contribution >= 0.6 is 0 Å². The minimum absolute atomic E-state index is 0.268. The maximum absolute atomic E-state index is 11.1. The van der Waals surface area contributed by atoms with E-state index in [-0.39, 0.29) is 11.7 Å². The van der Waals surface area contributed by atoms with Crippen LogP contribution < -0.4 is 0 Å². The summed E-state index contributed by atoms with van der Waals surface area (Å²) in [5.74, 6) is 1.34. The Balaban J connectivity index is 4.05. The van der Waals surface area contributed by atoms with Gasteiger partial charge in [0.1, 0.15) is 9.84 Å². The first kappa shape index (κ1) is 11.0. The first-order valence-corrected chi connectivity index (χ1v) is 5.91.